The second-order valence-corrected chi connectivity index (χ2v) is 15.1. The van der Waals surface area contributed by atoms with Crippen molar-refractivity contribution in [3.63, 3.8) is 0 Å². The third-order valence-corrected chi connectivity index (χ3v) is 12.0. The largest absolute Gasteiger partial charge is 0.456 e. The normalized spacial score (nSPS) is 45.0. The number of aliphatic hydroxyl groups excluding tert-OH is 3. The molecule has 3 fully saturated rings. The van der Waals surface area contributed by atoms with Crippen LogP contribution in [0.4, 0.5) is 0 Å². The van der Waals surface area contributed by atoms with Gasteiger partial charge >= 0.3 is 5.97 Å². The first-order chi connectivity index (χ1) is 17.6. The molecule has 3 saturated carbocycles. The topological polar surface area (TPSA) is 124 Å². The lowest BCUT2D eigenvalue weighted by molar-refractivity contribution is -0.180. The van der Waals surface area contributed by atoms with Crippen molar-refractivity contribution in [2.45, 2.75) is 124 Å². The molecule has 0 heterocycles. The Morgan fingerprint density at radius 2 is 1.62 bits per heavy atom. The van der Waals surface area contributed by atoms with E-state index >= 15 is 0 Å². The predicted octanol–water partition coefficient (Wildman–Crippen LogP) is 4.11. The Balaban J connectivity index is 1.69. The summed E-state index contributed by atoms with van der Waals surface area (Å²) < 4.78 is 5.26. The fourth-order valence-electron chi connectivity index (χ4n) is 9.79. The third-order valence-electron chi connectivity index (χ3n) is 12.0. The number of rotatable bonds is 5. The first kappa shape index (κ1) is 30.4. The van der Waals surface area contributed by atoms with Gasteiger partial charge in [0, 0.05) is 18.3 Å². The molecule has 0 unspecified atom stereocenters. The van der Waals surface area contributed by atoms with Gasteiger partial charge in [0.15, 0.2) is 5.78 Å². The van der Waals surface area contributed by atoms with Crippen LogP contribution in [0.2, 0.25) is 0 Å². The highest BCUT2D eigenvalue weighted by atomic mass is 16.6. The monoisotopic (exact) mass is 546 g/mol. The number of fused-ring (bicyclic) bond motifs is 5. The lowest BCUT2D eigenvalue weighted by Gasteiger charge is -2.66. The minimum Gasteiger partial charge on any atom is -0.456 e. The lowest BCUT2D eigenvalue weighted by atomic mass is 9.38. The zero-order chi connectivity index (χ0) is 29.6. The van der Waals surface area contributed by atoms with Crippen LogP contribution in [0.5, 0.6) is 0 Å². The van der Waals surface area contributed by atoms with Gasteiger partial charge in [-0.2, -0.15) is 0 Å². The quantitative estimate of drug-likeness (QED) is 0.232. The number of esters is 1. The fraction of sp³-hybridized carbons (Fsp3) is 0.812. The molecule has 0 aliphatic heterocycles. The zero-order valence-electron chi connectivity index (χ0n) is 25.2. The lowest BCUT2D eigenvalue weighted by Crippen LogP contribution is -2.62. The Morgan fingerprint density at radius 3 is 2.21 bits per heavy atom. The minimum absolute atomic E-state index is 0.121. The van der Waals surface area contributed by atoms with Crippen LogP contribution < -0.4 is 0 Å². The Kier molecular flexibility index (Phi) is 7.20. The highest BCUT2D eigenvalue weighted by molar-refractivity contribution is 5.97. The van der Waals surface area contributed by atoms with E-state index in [0.29, 0.717) is 12.8 Å². The van der Waals surface area contributed by atoms with Crippen molar-refractivity contribution < 1.29 is 34.8 Å². The summed E-state index contributed by atoms with van der Waals surface area (Å²) in [5.74, 6) is -1.34. The summed E-state index contributed by atoms with van der Waals surface area (Å²) >= 11 is 0. The van der Waals surface area contributed by atoms with Gasteiger partial charge in [0.25, 0.3) is 0 Å². The molecule has 7 heteroatoms. The summed E-state index contributed by atoms with van der Waals surface area (Å²) in [6.07, 6.45) is 5.95. The molecule has 4 aliphatic rings. The number of ether oxygens (including phenoxy) is 1. The number of carbonyl (C=O) groups is 2. The van der Waals surface area contributed by atoms with E-state index in [1.54, 1.807) is 13.8 Å². The molecule has 0 saturated heterocycles. The number of ketones is 1. The van der Waals surface area contributed by atoms with Gasteiger partial charge < -0.3 is 25.2 Å². The molecule has 220 valence electrons. The van der Waals surface area contributed by atoms with Crippen molar-refractivity contribution in [1.82, 2.24) is 0 Å². The third kappa shape index (κ3) is 4.38. The van der Waals surface area contributed by atoms with Crippen molar-refractivity contribution in [3.05, 3.63) is 23.8 Å². The molecule has 0 radical (unpaired) electrons. The van der Waals surface area contributed by atoms with Crippen LogP contribution in [0.1, 0.15) is 94.4 Å². The standard InChI is InChI=1S/C32H50O7/c1-18(33)39-27(2,3)13-12-24(36)32(9,38)25-22(35)17-31(8)23-11-10-19-20(16-21(34)26(37)28(19,4)5)29(23,6)14-15-30(25,31)7/h10,12-13,20-23,25-26,34-35,37-38H,11,14-17H2,1-9H3/b13-12+/t20-,21+,22-,23-,25+,26-,29+,30-,31+,32+/m1/s1. The van der Waals surface area contributed by atoms with Crippen molar-refractivity contribution in [2.24, 2.45) is 39.4 Å². The van der Waals surface area contributed by atoms with Gasteiger partial charge in [-0.1, -0.05) is 46.3 Å². The first-order valence-electron chi connectivity index (χ1n) is 14.6. The Hall–Kier alpha value is -1.54. The SMILES string of the molecule is CC(=O)OC(C)(C)/C=C/C(=O)[C@](C)(O)[C@H]1[C@H](O)C[C@@]2(C)[C@@H]3CC=C4[C@@H](C[C@H](O)[C@@H](O)C4(C)C)[C@]3(C)CC[C@]12C. The predicted molar refractivity (Wildman–Crippen MR) is 148 cm³/mol. The van der Waals surface area contributed by atoms with Crippen LogP contribution in [0.15, 0.2) is 23.8 Å². The molecule has 0 amide bonds. The van der Waals surface area contributed by atoms with Crippen LogP contribution >= 0.6 is 0 Å². The van der Waals surface area contributed by atoms with Gasteiger partial charge in [-0.25, -0.2) is 0 Å². The maximum Gasteiger partial charge on any atom is 0.303 e. The molecule has 0 aromatic rings. The van der Waals surface area contributed by atoms with Crippen LogP contribution in [-0.2, 0) is 14.3 Å². The second-order valence-electron chi connectivity index (χ2n) is 15.1. The van der Waals surface area contributed by atoms with E-state index in [-0.39, 0.29) is 22.7 Å². The number of hydrogen-bond donors (Lipinski definition) is 4. The number of aliphatic hydroxyl groups is 4. The van der Waals surface area contributed by atoms with E-state index in [1.165, 1.54) is 31.6 Å². The van der Waals surface area contributed by atoms with E-state index in [2.05, 4.69) is 26.8 Å². The number of carbonyl (C=O) groups excluding carboxylic acids is 2. The summed E-state index contributed by atoms with van der Waals surface area (Å²) in [7, 11) is 0. The second kappa shape index (κ2) is 9.23. The van der Waals surface area contributed by atoms with Crippen LogP contribution in [-0.4, -0.2) is 61.7 Å². The minimum atomic E-state index is -1.81. The van der Waals surface area contributed by atoms with Crippen LogP contribution in [0.3, 0.4) is 0 Å². The van der Waals surface area contributed by atoms with Gasteiger partial charge in [0.05, 0.1) is 18.3 Å². The summed E-state index contributed by atoms with van der Waals surface area (Å²) in [4.78, 5) is 24.9. The molecule has 0 aromatic carbocycles. The van der Waals surface area contributed by atoms with E-state index < -0.39 is 58.0 Å². The molecule has 0 aromatic heterocycles. The van der Waals surface area contributed by atoms with Crippen molar-refractivity contribution >= 4 is 11.8 Å². The van der Waals surface area contributed by atoms with Gasteiger partial charge in [-0.15, -0.1) is 0 Å². The molecule has 39 heavy (non-hydrogen) atoms. The molecule has 7 nitrogen and oxygen atoms in total. The zero-order valence-corrected chi connectivity index (χ0v) is 25.2. The highest BCUT2D eigenvalue weighted by Gasteiger charge is 2.72. The summed E-state index contributed by atoms with van der Waals surface area (Å²) in [5.41, 5.74) is -3.12. The average Bonchev–Trinajstić information content (AvgIpc) is 3.01. The highest BCUT2D eigenvalue weighted by Crippen LogP contribution is 2.75. The molecule has 0 bridgehead atoms. The Bertz CT molecular complexity index is 1090. The summed E-state index contributed by atoms with van der Waals surface area (Å²) in [5, 5.41) is 45.0. The first-order valence-corrected chi connectivity index (χ1v) is 14.6. The van der Waals surface area contributed by atoms with Gasteiger partial charge in [0.2, 0.25) is 0 Å². The van der Waals surface area contributed by atoms with Crippen LogP contribution in [0.25, 0.3) is 0 Å². The van der Waals surface area contributed by atoms with Gasteiger partial charge in [-0.3, -0.25) is 9.59 Å². The smallest absolute Gasteiger partial charge is 0.303 e. The molecule has 10 atom stereocenters. The Labute approximate surface area is 233 Å². The van der Waals surface area contributed by atoms with Crippen LogP contribution in [0, 0.1) is 39.4 Å². The molecule has 4 N–H and O–H groups in total. The molecule has 4 aliphatic carbocycles. The summed E-state index contributed by atoms with van der Waals surface area (Å²) in [6.45, 7) is 16.9. The van der Waals surface area contributed by atoms with Crippen molar-refractivity contribution in [2.75, 3.05) is 0 Å². The number of hydrogen-bond acceptors (Lipinski definition) is 7. The molecular weight excluding hydrogens is 496 g/mol. The van der Waals surface area contributed by atoms with E-state index in [1.807, 2.05) is 13.8 Å². The van der Waals surface area contributed by atoms with E-state index in [0.717, 1.165) is 19.3 Å². The molecular formula is C32H50O7. The van der Waals surface area contributed by atoms with Gasteiger partial charge in [0.1, 0.15) is 11.2 Å². The van der Waals surface area contributed by atoms with E-state index in [9.17, 15) is 30.0 Å². The number of allylic oxidation sites excluding steroid dienone is 1. The Morgan fingerprint density at radius 1 is 1.00 bits per heavy atom. The van der Waals surface area contributed by atoms with Gasteiger partial charge in [-0.05, 0) is 93.1 Å². The maximum absolute atomic E-state index is 13.5. The molecule has 4 rings (SSSR count). The maximum atomic E-state index is 13.5. The van der Waals surface area contributed by atoms with Crippen molar-refractivity contribution in [3.8, 4) is 0 Å². The fourth-order valence-corrected chi connectivity index (χ4v) is 9.79. The van der Waals surface area contributed by atoms with E-state index in [4.69, 9.17) is 4.74 Å². The average molecular weight is 547 g/mol. The summed E-state index contributed by atoms with van der Waals surface area (Å²) in [6, 6.07) is 0. The molecule has 0 spiro atoms. The van der Waals surface area contributed by atoms with Crippen molar-refractivity contribution in [1.29, 1.82) is 0 Å².